The number of hydrogen-bond donors (Lipinski definition) is 1. The minimum atomic E-state index is 0.882. The zero-order chi connectivity index (χ0) is 9.38. The molecule has 0 saturated heterocycles. The lowest BCUT2D eigenvalue weighted by Crippen LogP contribution is -1.80. The fourth-order valence-corrected chi connectivity index (χ4v) is 1.91. The monoisotopic (exact) mass is 202 g/mol. The van der Waals surface area contributed by atoms with E-state index in [1.807, 2.05) is 23.6 Å². The van der Waals surface area contributed by atoms with Gasteiger partial charge in [-0.3, -0.25) is 0 Å². The fraction of sp³-hybridized carbons (Fsp3) is 0. The van der Waals surface area contributed by atoms with Crippen LogP contribution in [0.3, 0.4) is 0 Å². The van der Waals surface area contributed by atoms with Gasteiger partial charge in [0.1, 0.15) is 5.69 Å². The van der Waals surface area contributed by atoms with Crippen LogP contribution in [0.4, 0.5) is 0 Å². The quantitative estimate of drug-likeness (QED) is 0.657. The summed E-state index contributed by atoms with van der Waals surface area (Å²) in [6.07, 6.45) is 1.69. The summed E-state index contributed by atoms with van der Waals surface area (Å²) in [6, 6.07) is 5.97. The molecule has 0 amide bonds. The molecule has 5 heteroatoms. The second kappa shape index (κ2) is 2.88. The third kappa shape index (κ3) is 1.03. The Labute approximate surface area is 83.8 Å². The van der Waals surface area contributed by atoms with Gasteiger partial charge in [-0.25, -0.2) is 4.98 Å². The predicted molar refractivity (Wildman–Crippen MR) is 55.0 cm³/mol. The summed E-state index contributed by atoms with van der Waals surface area (Å²) in [7, 11) is 0. The van der Waals surface area contributed by atoms with Gasteiger partial charge >= 0.3 is 0 Å². The Bertz CT molecular complexity index is 555. The Morgan fingerprint density at radius 3 is 3.14 bits per heavy atom. The van der Waals surface area contributed by atoms with Gasteiger partial charge in [0.15, 0.2) is 0 Å². The number of hydrogen-bond acceptors (Lipinski definition) is 4. The van der Waals surface area contributed by atoms with Crippen LogP contribution in [0.5, 0.6) is 0 Å². The second-order valence-electron chi connectivity index (χ2n) is 2.89. The van der Waals surface area contributed by atoms with Crippen LogP contribution in [-0.2, 0) is 0 Å². The predicted octanol–water partition coefficient (Wildman–Crippen LogP) is 2.08. The Morgan fingerprint density at radius 2 is 2.29 bits per heavy atom. The van der Waals surface area contributed by atoms with Crippen molar-refractivity contribution >= 4 is 22.6 Å². The Morgan fingerprint density at radius 1 is 1.29 bits per heavy atom. The van der Waals surface area contributed by atoms with Crippen LogP contribution >= 0.6 is 11.5 Å². The molecule has 0 saturated carbocycles. The second-order valence-corrected chi connectivity index (χ2v) is 3.50. The molecule has 0 unspecified atom stereocenters. The molecule has 4 nitrogen and oxygen atoms in total. The molecule has 68 valence electrons. The van der Waals surface area contributed by atoms with E-state index in [-0.39, 0.29) is 0 Å². The number of imidazole rings is 1. The summed E-state index contributed by atoms with van der Waals surface area (Å²) in [6.45, 7) is 0. The first-order valence-corrected chi connectivity index (χ1v) is 4.98. The van der Waals surface area contributed by atoms with Crippen molar-refractivity contribution in [2.75, 3.05) is 0 Å². The van der Waals surface area contributed by atoms with Gasteiger partial charge in [0.05, 0.1) is 17.4 Å². The number of aromatic nitrogens is 4. The summed E-state index contributed by atoms with van der Waals surface area (Å²) in [5, 5.41) is 5.95. The van der Waals surface area contributed by atoms with E-state index in [4.69, 9.17) is 0 Å². The van der Waals surface area contributed by atoms with Crippen LogP contribution in [0.2, 0.25) is 0 Å². The zero-order valence-corrected chi connectivity index (χ0v) is 7.95. The fourth-order valence-electron chi connectivity index (χ4n) is 1.45. The number of benzene rings is 1. The summed E-state index contributed by atoms with van der Waals surface area (Å²) >= 11 is 1.35. The largest absolute Gasteiger partial charge is 0.345 e. The smallest absolute Gasteiger partial charge is 0.108 e. The van der Waals surface area contributed by atoms with Crippen molar-refractivity contribution in [3.63, 3.8) is 0 Å². The van der Waals surface area contributed by atoms with Crippen molar-refractivity contribution < 1.29 is 0 Å². The standard InChI is InChI=1S/C9H6N4S/c1-2-6(8-4-14-13-12-8)9-7(3-1)10-5-11-9/h1-5H,(H,10,11). The van der Waals surface area contributed by atoms with E-state index in [2.05, 4.69) is 19.6 Å². The van der Waals surface area contributed by atoms with Crippen LogP contribution in [0.15, 0.2) is 29.9 Å². The Hall–Kier alpha value is -1.75. The highest BCUT2D eigenvalue weighted by molar-refractivity contribution is 7.03. The summed E-state index contributed by atoms with van der Waals surface area (Å²) in [4.78, 5) is 7.32. The van der Waals surface area contributed by atoms with Crippen LogP contribution in [-0.4, -0.2) is 19.6 Å². The Kier molecular flexibility index (Phi) is 1.57. The van der Waals surface area contributed by atoms with E-state index in [1.165, 1.54) is 11.5 Å². The topological polar surface area (TPSA) is 54.5 Å². The normalized spacial score (nSPS) is 10.9. The average molecular weight is 202 g/mol. The lowest BCUT2D eigenvalue weighted by Gasteiger charge is -1.95. The number of nitrogens with one attached hydrogen (secondary N) is 1. The third-order valence-electron chi connectivity index (χ3n) is 2.09. The first-order chi connectivity index (χ1) is 6.95. The first-order valence-electron chi connectivity index (χ1n) is 4.15. The van der Waals surface area contributed by atoms with Crippen molar-refractivity contribution in [2.45, 2.75) is 0 Å². The molecule has 0 aliphatic heterocycles. The van der Waals surface area contributed by atoms with E-state index in [1.54, 1.807) is 6.33 Å². The summed E-state index contributed by atoms with van der Waals surface area (Å²) < 4.78 is 3.84. The molecule has 2 aromatic heterocycles. The molecule has 0 spiro atoms. The summed E-state index contributed by atoms with van der Waals surface area (Å²) in [5.41, 5.74) is 3.88. The lowest BCUT2D eigenvalue weighted by atomic mass is 10.1. The van der Waals surface area contributed by atoms with E-state index in [9.17, 15) is 0 Å². The number of H-pyrrole nitrogens is 1. The summed E-state index contributed by atoms with van der Waals surface area (Å²) in [5.74, 6) is 0. The van der Waals surface area contributed by atoms with Crippen LogP contribution in [0.1, 0.15) is 0 Å². The minimum Gasteiger partial charge on any atom is -0.345 e. The van der Waals surface area contributed by atoms with E-state index in [0.717, 1.165) is 22.3 Å². The lowest BCUT2D eigenvalue weighted by molar-refractivity contribution is 1.16. The van der Waals surface area contributed by atoms with Gasteiger partial charge in [0.2, 0.25) is 0 Å². The molecule has 2 heterocycles. The third-order valence-corrected chi connectivity index (χ3v) is 2.59. The average Bonchev–Trinajstić information content (AvgIpc) is 2.88. The number of aromatic amines is 1. The van der Waals surface area contributed by atoms with E-state index < -0.39 is 0 Å². The molecule has 1 aromatic carbocycles. The minimum absolute atomic E-state index is 0.882. The zero-order valence-electron chi connectivity index (χ0n) is 7.14. The molecule has 3 aromatic rings. The van der Waals surface area contributed by atoms with Gasteiger partial charge in [-0.1, -0.05) is 16.6 Å². The van der Waals surface area contributed by atoms with Crippen molar-refractivity contribution in [1.82, 2.24) is 19.6 Å². The number of fused-ring (bicyclic) bond motifs is 1. The molecule has 0 aliphatic carbocycles. The van der Waals surface area contributed by atoms with Crippen molar-refractivity contribution in [2.24, 2.45) is 0 Å². The van der Waals surface area contributed by atoms with Crippen molar-refractivity contribution in [3.05, 3.63) is 29.9 Å². The van der Waals surface area contributed by atoms with Crippen LogP contribution < -0.4 is 0 Å². The maximum Gasteiger partial charge on any atom is 0.108 e. The van der Waals surface area contributed by atoms with Crippen LogP contribution in [0.25, 0.3) is 22.3 Å². The first kappa shape index (κ1) is 7.64. The molecule has 14 heavy (non-hydrogen) atoms. The van der Waals surface area contributed by atoms with Gasteiger partial charge in [0.25, 0.3) is 0 Å². The molecular weight excluding hydrogens is 196 g/mol. The molecular formula is C9H6N4S. The van der Waals surface area contributed by atoms with Crippen molar-refractivity contribution in [3.8, 4) is 11.3 Å². The van der Waals surface area contributed by atoms with Gasteiger partial charge in [-0.05, 0) is 17.6 Å². The maximum absolute atomic E-state index is 4.26. The van der Waals surface area contributed by atoms with Gasteiger partial charge in [-0.15, -0.1) is 5.10 Å². The highest BCUT2D eigenvalue weighted by Gasteiger charge is 2.07. The number of nitrogens with zero attached hydrogens (tertiary/aromatic N) is 3. The molecule has 0 atom stereocenters. The molecule has 0 radical (unpaired) electrons. The van der Waals surface area contributed by atoms with Gasteiger partial charge < -0.3 is 4.98 Å². The van der Waals surface area contributed by atoms with Crippen molar-refractivity contribution in [1.29, 1.82) is 0 Å². The number of rotatable bonds is 1. The van der Waals surface area contributed by atoms with Crippen LogP contribution in [0, 0.1) is 0 Å². The highest BCUT2D eigenvalue weighted by atomic mass is 32.1. The molecule has 0 fully saturated rings. The highest BCUT2D eigenvalue weighted by Crippen LogP contribution is 2.24. The molecule has 0 bridgehead atoms. The van der Waals surface area contributed by atoms with Gasteiger partial charge in [-0.2, -0.15) is 0 Å². The van der Waals surface area contributed by atoms with E-state index in [0.29, 0.717) is 0 Å². The molecule has 1 N–H and O–H groups in total. The molecule has 3 rings (SSSR count). The maximum atomic E-state index is 4.26. The Balaban J connectivity index is 2.36. The van der Waals surface area contributed by atoms with Gasteiger partial charge in [0, 0.05) is 10.9 Å². The van der Waals surface area contributed by atoms with E-state index >= 15 is 0 Å². The SMILES string of the molecule is c1cc(-c2csnn2)c2nc[nH]c2c1. The molecule has 0 aliphatic rings. The number of para-hydroxylation sites is 1.